The van der Waals surface area contributed by atoms with Crippen molar-refractivity contribution in [3.63, 3.8) is 0 Å². The van der Waals surface area contributed by atoms with E-state index in [9.17, 15) is 0 Å². The second-order valence-electron chi connectivity index (χ2n) is 4.87. The van der Waals surface area contributed by atoms with Crippen molar-refractivity contribution in [2.75, 3.05) is 13.1 Å². The second-order valence-corrected chi connectivity index (χ2v) is 5.30. The van der Waals surface area contributed by atoms with Crippen LogP contribution in [0.25, 0.3) is 0 Å². The maximum Gasteiger partial charge on any atom is 0.138 e. The molecule has 18 heavy (non-hydrogen) atoms. The van der Waals surface area contributed by atoms with E-state index in [0.29, 0.717) is 0 Å². The van der Waals surface area contributed by atoms with Gasteiger partial charge in [0, 0.05) is 37.0 Å². The van der Waals surface area contributed by atoms with E-state index < -0.39 is 0 Å². The van der Waals surface area contributed by atoms with Gasteiger partial charge in [0.1, 0.15) is 12.2 Å². The Labute approximate surface area is 111 Å². The molecule has 1 saturated heterocycles. The van der Waals surface area contributed by atoms with Gasteiger partial charge in [0.15, 0.2) is 0 Å². The molecule has 0 amide bonds. The zero-order chi connectivity index (χ0) is 12.6. The topological polar surface area (TPSA) is 42.7 Å². The molecule has 94 valence electrons. The average Bonchev–Trinajstić information content (AvgIpc) is 2.71. The van der Waals surface area contributed by atoms with Crippen molar-refractivity contribution in [2.24, 2.45) is 7.05 Å². The Hall–Kier alpha value is -1.39. The van der Waals surface area contributed by atoms with Gasteiger partial charge in [0.25, 0.3) is 0 Å². The molecule has 5 heteroatoms. The summed E-state index contributed by atoms with van der Waals surface area (Å²) in [5.74, 6) is 1.02. The van der Waals surface area contributed by atoms with Gasteiger partial charge in [-0.15, -0.1) is 0 Å². The molecular weight excluding hydrogens is 248 g/mol. The summed E-state index contributed by atoms with van der Waals surface area (Å²) in [5.41, 5.74) is 1.44. The Morgan fingerprint density at radius 3 is 2.56 bits per heavy atom. The Balaban J connectivity index is 1.91. The molecule has 0 saturated carbocycles. The molecule has 0 radical (unpaired) electrons. The zero-order valence-corrected chi connectivity index (χ0v) is 11.0. The standard InChI is InChI=1S/C13H15ClN4/c1-18-12(16-9-17-18)6-13(7-15-8-13)10-2-4-11(14)5-3-10/h2-5,9,15H,6-8H2,1H3. The summed E-state index contributed by atoms with van der Waals surface area (Å²) in [6, 6.07) is 8.13. The third-order valence-corrected chi connectivity index (χ3v) is 3.94. The summed E-state index contributed by atoms with van der Waals surface area (Å²) < 4.78 is 1.84. The molecule has 2 heterocycles. The first kappa shape index (κ1) is 11.7. The molecular formula is C13H15ClN4. The highest BCUT2D eigenvalue weighted by Crippen LogP contribution is 2.32. The first-order chi connectivity index (χ1) is 8.70. The quantitative estimate of drug-likeness (QED) is 0.913. The first-order valence-electron chi connectivity index (χ1n) is 5.99. The molecule has 1 N–H and O–H groups in total. The number of nitrogens with zero attached hydrogens (tertiary/aromatic N) is 3. The van der Waals surface area contributed by atoms with E-state index in [1.165, 1.54) is 5.56 Å². The minimum Gasteiger partial charge on any atom is -0.315 e. The Kier molecular flexibility index (Phi) is 2.84. The molecule has 0 spiro atoms. The first-order valence-corrected chi connectivity index (χ1v) is 6.37. The van der Waals surface area contributed by atoms with Gasteiger partial charge in [-0.05, 0) is 17.7 Å². The highest BCUT2D eigenvalue weighted by Gasteiger charge is 2.39. The number of aryl methyl sites for hydroxylation is 1. The number of benzene rings is 1. The van der Waals surface area contributed by atoms with E-state index in [4.69, 9.17) is 11.6 Å². The third kappa shape index (κ3) is 1.91. The summed E-state index contributed by atoms with van der Waals surface area (Å²) in [5, 5.41) is 8.27. The van der Waals surface area contributed by atoms with E-state index in [1.54, 1.807) is 6.33 Å². The highest BCUT2D eigenvalue weighted by molar-refractivity contribution is 6.30. The van der Waals surface area contributed by atoms with E-state index in [0.717, 1.165) is 30.4 Å². The fourth-order valence-electron chi connectivity index (χ4n) is 2.44. The number of aromatic nitrogens is 3. The van der Waals surface area contributed by atoms with Crippen LogP contribution in [0.2, 0.25) is 5.02 Å². The van der Waals surface area contributed by atoms with Gasteiger partial charge in [-0.2, -0.15) is 5.10 Å². The molecule has 1 aromatic carbocycles. The van der Waals surface area contributed by atoms with Crippen molar-refractivity contribution in [3.05, 3.63) is 47.0 Å². The third-order valence-electron chi connectivity index (χ3n) is 3.69. The fourth-order valence-corrected chi connectivity index (χ4v) is 2.57. The van der Waals surface area contributed by atoms with Gasteiger partial charge >= 0.3 is 0 Å². The predicted molar refractivity (Wildman–Crippen MR) is 70.7 cm³/mol. The van der Waals surface area contributed by atoms with Gasteiger partial charge in [0.05, 0.1) is 0 Å². The summed E-state index contributed by atoms with van der Waals surface area (Å²) in [7, 11) is 1.93. The van der Waals surface area contributed by atoms with Crippen LogP contribution in [0.1, 0.15) is 11.4 Å². The van der Waals surface area contributed by atoms with Gasteiger partial charge in [0.2, 0.25) is 0 Å². The molecule has 1 aliphatic rings. The minimum atomic E-state index is 0.130. The number of halogens is 1. The van der Waals surface area contributed by atoms with Crippen molar-refractivity contribution >= 4 is 11.6 Å². The molecule has 0 atom stereocenters. The van der Waals surface area contributed by atoms with Crippen LogP contribution in [-0.4, -0.2) is 27.9 Å². The van der Waals surface area contributed by atoms with E-state index >= 15 is 0 Å². The lowest BCUT2D eigenvalue weighted by Crippen LogP contribution is -2.58. The Bertz CT molecular complexity index is 542. The molecule has 0 bridgehead atoms. The predicted octanol–water partition coefficient (Wildman–Crippen LogP) is 1.55. The van der Waals surface area contributed by atoms with Crippen molar-refractivity contribution < 1.29 is 0 Å². The molecule has 1 aliphatic heterocycles. The maximum absolute atomic E-state index is 5.95. The number of rotatable bonds is 3. The summed E-state index contributed by atoms with van der Waals surface area (Å²) in [4.78, 5) is 4.32. The second kappa shape index (κ2) is 4.37. The van der Waals surface area contributed by atoms with Gasteiger partial charge < -0.3 is 5.32 Å². The van der Waals surface area contributed by atoms with Crippen molar-refractivity contribution in [2.45, 2.75) is 11.8 Å². The lowest BCUT2D eigenvalue weighted by Gasteiger charge is -2.43. The normalized spacial score (nSPS) is 17.4. The zero-order valence-electron chi connectivity index (χ0n) is 10.2. The monoisotopic (exact) mass is 262 g/mol. The number of nitrogens with one attached hydrogen (secondary N) is 1. The Morgan fingerprint density at radius 1 is 1.33 bits per heavy atom. The van der Waals surface area contributed by atoms with Crippen molar-refractivity contribution in [1.82, 2.24) is 20.1 Å². The fraction of sp³-hybridized carbons (Fsp3) is 0.385. The van der Waals surface area contributed by atoms with Crippen molar-refractivity contribution in [1.29, 1.82) is 0 Å². The number of hydrogen-bond donors (Lipinski definition) is 1. The van der Waals surface area contributed by atoms with E-state index in [2.05, 4.69) is 27.5 Å². The lowest BCUT2D eigenvalue weighted by molar-refractivity contribution is 0.267. The SMILES string of the molecule is Cn1ncnc1CC1(c2ccc(Cl)cc2)CNC1. The van der Waals surface area contributed by atoms with E-state index in [-0.39, 0.29) is 5.41 Å². The van der Waals surface area contributed by atoms with E-state index in [1.807, 2.05) is 23.9 Å². The summed E-state index contributed by atoms with van der Waals surface area (Å²) in [6.07, 6.45) is 2.51. The smallest absolute Gasteiger partial charge is 0.138 e. The molecule has 2 aromatic rings. The van der Waals surface area contributed by atoms with Crippen LogP contribution in [0.5, 0.6) is 0 Å². The molecule has 1 fully saturated rings. The van der Waals surface area contributed by atoms with Crippen molar-refractivity contribution in [3.8, 4) is 0 Å². The van der Waals surface area contributed by atoms with Crippen LogP contribution < -0.4 is 5.32 Å². The summed E-state index contributed by atoms with van der Waals surface area (Å²) >= 11 is 5.95. The molecule has 1 aromatic heterocycles. The van der Waals surface area contributed by atoms with Crippen LogP contribution in [0.3, 0.4) is 0 Å². The largest absolute Gasteiger partial charge is 0.315 e. The Morgan fingerprint density at radius 2 is 2.06 bits per heavy atom. The number of hydrogen-bond acceptors (Lipinski definition) is 3. The van der Waals surface area contributed by atoms with Gasteiger partial charge in [-0.1, -0.05) is 23.7 Å². The van der Waals surface area contributed by atoms with Crippen LogP contribution in [0.15, 0.2) is 30.6 Å². The molecule has 3 rings (SSSR count). The maximum atomic E-state index is 5.95. The highest BCUT2D eigenvalue weighted by atomic mass is 35.5. The average molecular weight is 263 g/mol. The minimum absolute atomic E-state index is 0.130. The molecule has 4 nitrogen and oxygen atoms in total. The molecule has 0 aliphatic carbocycles. The lowest BCUT2D eigenvalue weighted by atomic mass is 9.72. The summed E-state index contributed by atoms with van der Waals surface area (Å²) in [6.45, 7) is 1.95. The van der Waals surface area contributed by atoms with Gasteiger partial charge in [-0.25, -0.2) is 4.98 Å². The van der Waals surface area contributed by atoms with Crippen LogP contribution in [0.4, 0.5) is 0 Å². The molecule has 0 unspecified atom stereocenters. The van der Waals surface area contributed by atoms with Crippen LogP contribution in [-0.2, 0) is 18.9 Å². The van der Waals surface area contributed by atoms with Crippen LogP contribution >= 0.6 is 11.6 Å². The van der Waals surface area contributed by atoms with Gasteiger partial charge in [-0.3, -0.25) is 4.68 Å². The van der Waals surface area contributed by atoms with Crippen LogP contribution in [0, 0.1) is 0 Å².